The van der Waals surface area contributed by atoms with Gasteiger partial charge < -0.3 is 4.74 Å². The van der Waals surface area contributed by atoms with E-state index in [2.05, 4.69) is 34.6 Å². The van der Waals surface area contributed by atoms with E-state index in [-0.39, 0.29) is 0 Å². The third kappa shape index (κ3) is 2.80. The Labute approximate surface area is 174 Å². The van der Waals surface area contributed by atoms with E-state index in [0.29, 0.717) is 23.0 Å². The number of rotatable bonds is 3. The van der Waals surface area contributed by atoms with Crippen molar-refractivity contribution >= 4 is 0 Å². The van der Waals surface area contributed by atoms with E-state index >= 15 is 0 Å². The Hall–Kier alpha value is -0.0400. The second-order valence-corrected chi connectivity index (χ2v) is 12.8. The van der Waals surface area contributed by atoms with Crippen LogP contribution < -0.4 is 0 Å². The predicted octanol–water partition coefficient (Wildman–Crippen LogP) is 7.49. The van der Waals surface area contributed by atoms with Gasteiger partial charge in [-0.05, 0) is 110 Å². The van der Waals surface area contributed by atoms with Crippen LogP contribution in [-0.4, -0.2) is 12.2 Å². The topological polar surface area (TPSA) is 9.23 Å². The number of hydrogen-bond acceptors (Lipinski definition) is 1. The largest absolute Gasteiger partial charge is 0.374 e. The Morgan fingerprint density at radius 1 is 0.929 bits per heavy atom. The Morgan fingerprint density at radius 2 is 1.75 bits per heavy atom. The zero-order chi connectivity index (χ0) is 19.7. The molecule has 0 aromatic heterocycles. The molecule has 0 radical (unpaired) electrons. The molecule has 5 fully saturated rings. The molecular formula is C27H46O. The summed E-state index contributed by atoms with van der Waals surface area (Å²) in [5.74, 6) is 6.45. The number of fused-ring (bicyclic) bond motifs is 7. The van der Waals surface area contributed by atoms with E-state index in [1.807, 2.05) is 0 Å². The highest BCUT2D eigenvalue weighted by molar-refractivity contribution is 5.13. The predicted molar refractivity (Wildman–Crippen MR) is 117 cm³/mol. The van der Waals surface area contributed by atoms with Gasteiger partial charge in [0.1, 0.15) is 0 Å². The lowest BCUT2D eigenvalue weighted by molar-refractivity contribution is -0.115. The van der Waals surface area contributed by atoms with E-state index in [0.717, 1.165) is 41.4 Å². The molecule has 0 bridgehead atoms. The first-order valence-electron chi connectivity index (χ1n) is 13.0. The van der Waals surface area contributed by atoms with E-state index < -0.39 is 0 Å². The van der Waals surface area contributed by atoms with Crippen LogP contribution in [-0.2, 0) is 4.74 Å². The van der Waals surface area contributed by atoms with Crippen molar-refractivity contribution in [2.75, 3.05) is 0 Å². The molecule has 0 amide bonds. The first-order chi connectivity index (χ1) is 13.3. The van der Waals surface area contributed by atoms with Crippen molar-refractivity contribution in [3.8, 4) is 0 Å². The summed E-state index contributed by atoms with van der Waals surface area (Å²) >= 11 is 0. The van der Waals surface area contributed by atoms with Crippen molar-refractivity contribution in [1.82, 2.24) is 0 Å². The van der Waals surface area contributed by atoms with Crippen LogP contribution in [0.25, 0.3) is 0 Å². The molecular weight excluding hydrogens is 340 g/mol. The summed E-state index contributed by atoms with van der Waals surface area (Å²) < 4.78 is 6.82. The summed E-state index contributed by atoms with van der Waals surface area (Å²) in [6.07, 6.45) is 17.3. The third-order valence-corrected chi connectivity index (χ3v) is 11.2. The maximum atomic E-state index is 6.82. The maximum Gasteiger partial charge on any atom is 0.0618 e. The lowest BCUT2D eigenvalue weighted by Crippen LogP contribution is -2.53. The van der Waals surface area contributed by atoms with Crippen LogP contribution in [0.15, 0.2) is 0 Å². The second kappa shape index (κ2) is 7.00. The standard InChI is InChI=1S/C27H46O/c1-17(2)9-12-23-18(3)25-24(28-23)16-22-20-11-10-19-8-6-7-14-26(19,4)21(20)13-15-27(22,25)5/h17-25H,6-16H2,1-5H3/t18-,19+,20-,21+,22+,23-,24+,25+,26+,27+/m1/s1. The molecule has 4 saturated carbocycles. The first-order valence-corrected chi connectivity index (χ1v) is 13.0. The first kappa shape index (κ1) is 19.9. The smallest absolute Gasteiger partial charge is 0.0618 e. The Morgan fingerprint density at radius 3 is 2.54 bits per heavy atom. The zero-order valence-corrected chi connectivity index (χ0v) is 19.4. The lowest BCUT2D eigenvalue weighted by atomic mass is 9.44. The van der Waals surface area contributed by atoms with E-state index in [9.17, 15) is 0 Å². The van der Waals surface area contributed by atoms with Crippen molar-refractivity contribution in [2.45, 2.75) is 117 Å². The van der Waals surface area contributed by atoms with Crippen LogP contribution in [0.1, 0.15) is 105 Å². The van der Waals surface area contributed by atoms with Gasteiger partial charge in [-0.25, -0.2) is 0 Å². The van der Waals surface area contributed by atoms with Crippen LogP contribution in [0, 0.1) is 52.3 Å². The minimum absolute atomic E-state index is 0.541. The van der Waals surface area contributed by atoms with Gasteiger partial charge in [0.15, 0.2) is 0 Å². The highest BCUT2D eigenvalue weighted by atomic mass is 16.5. The molecule has 10 atom stereocenters. The Balaban J connectivity index is 1.35. The van der Waals surface area contributed by atoms with Crippen molar-refractivity contribution < 1.29 is 4.74 Å². The van der Waals surface area contributed by atoms with Gasteiger partial charge in [0, 0.05) is 0 Å². The van der Waals surface area contributed by atoms with Crippen molar-refractivity contribution in [3.05, 3.63) is 0 Å². The van der Waals surface area contributed by atoms with Gasteiger partial charge in [0.05, 0.1) is 12.2 Å². The zero-order valence-electron chi connectivity index (χ0n) is 19.4. The SMILES string of the molecule is CC(C)CC[C@H]1O[C@H]2C[C@H]3[C@@H]4CC[C@@H]5CCCC[C@]5(C)[C@H]4CC[C@]3(C)[C@H]2[C@@H]1C. The van der Waals surface area contributed by atoms with E-state index in [4.69, 9.17) is 4.74 Å². The van der Waals surface area contributed by atoms with Crippen LogP contribution in [0.5, 0.6) is 0 Å². The normalized spacial score (nSPS) is 55.5. The molecule has 0 aromatic rings. The average Bonchev–Trinajstić information content (AvgIpc) is 3.13. The molecule has 5 aliphatic rings. The third-order valence-electron chi connectivity index (χ3n) is 11.2. The van der Waals surface area contributed by atoms with Crippen LogP contribution in [0.4, 0.5) is 0 Å². The summed E-state index contributed by atoms with van der Waals surface area (Å²) in [4.78, 5) is 0. The molecule has 0 aromatic carbocycles. The monoisotopic (exact) mass is 386 g/mol. The van der Waals surface area contributed by atoms with Gasteiger partial charge in [-0.1, -0.05) is 47.5 Å². The summed E-state index contributed by atoms with van der Waals surface area (Å²) in [5.41, 5.74) is 1.24. The molecule has 0 N–H and O–H groups in total. The van der Waals surface area contributed by atoms with Crippen LogP contribution in [0.2, 0.25) is 0 Å². The molecule has 28 heavy (non-hydrogen) atoms. The minimum Gasteiger partial charge on any atom is -0.374 e. The molecule has 1 saturated heterocycles. The summed E-state index contributed by atoms with van der Waals surface area (Å²) in [5, 5.41) is 0. The summed E-state index contributed by atoms with van der Waals surface area (Å²) in [6, 6.07) is 0. The van der Waals surface area contributed by atoms with Crippen LogP contribution >= 0.6 is 0 Å². The average molecular weight is 387 g/mol. The van der Waals surface area contributed by atoms with Crippen molar-refractivity contribution in [1.29, 1.82) is 0 Å². The van der Waals surface area contributed by atoms with Gasteiger partial charge in [0.25, 0.3) is 0 Å². The molecule has 160 valence electrons. The molecule has 1 aliphatic heterocycles. The van der Waals surface area contributed by atoms with Crippen LogP contribution in [0.3, 0.4) is 0 Å². The second-order valence-electron chi connectivity index (χ2n) is 12.8. The quantitative estimate of drug-likeness (QED) is 0.488. The Kier molecular flexibility index (Phi) is 4.97. The molecule has 0 unspecified atom stereocenters. The molecule has 0 spiro atoms. The molecule has 5 rings (SSSR count). The lowest BCUT2D eigenvalue weighted by Gasteiger charge is -2.60. The Bertz CT molecular complexity index is 583. The fourth-order valence-corrected chi connectivity index (χ4v) is 9.81. The highest BCUT2D eigenvalue weighted by Gasteiger charge is 2.65. The minimum atomic E-state index is 0.541. The van der Waals surface area contributed by atoms with Gasteiger partial charge in [-0.3, -0.25) is 0 Å². The molecule has 1 nitrogen and oxygen atoms in total. The molecule has 4 aliphatic carbocycles. The van der Waals surface area contributed by atoms with Crippen molar-refractivity contribution in [2.24, 2.45) is 52.3 Å². The fraction of sp³-hybridized carbons (Fsp3) is 1.00. The van der Waals surface area contributed by atoms with Gasteiger partial charge in [0.2, 0.25) is 0 Å². The van der Waals surface area contributed by atoms with E-state index in [1.165, 1.54) is 70.6 Å². The fourth-order valence-electron chi connectivity index (χ4n) is 9.81. The van der Waals surface area contributed by atoms with E-state index in [1.54, 1.807) is 0 Å². The maximum absolute atomic E-state index is 6.82. The molecule has 1 heterocycles. The molecule has 1 heteroatoms. The number of ether oxygens (including phenoxy) is 1. The summed E-state index contributed by atoms with van der Waals surface area (Å²) in [7, 11) is 0. The number of hydrogen-bond donors (Lipinski definition) is 0. The van der Waals surface area contributed by atoms with Gasteiger partial charge in [-0.15, -0.1) is 0 Å². The van der Waals surface area contributed by atoms with Gasteiger partial charge in [-0.2, -0.15) is 0 Å². The van der Waals surface area contributed by atoms with Gasteiger partial charge >= 0.3 is 0 Å². The summed E-state index contributed by atoms with van der Waals surface area (Å²) in [6.45, 7) is 12.7. The van der Waals surface area contributed by atoms with Crippen molar-refractivity contribution in [3.63, 3.8) is 0 Å². The highest BCUT2D eigenvalue weighted by Crippen LogP contribution is 2.70.